The quantitative estimate of drug-likeness (QED) is 0.812. The van der Waals surface area contributed by atoms with Crippen molar-refractivity contribution in [3.63, 3.8) is 0 Å². The van der Waals surface area contributed by atoms with Crippen LogP contribution >= 0.6 is 0 Å². The molecule has 0 aromatic heterocycles. The topological polar surface area (TPSA) is 55.1 Å². The van der Waals surface area contributed by atoms with Gasteiger partial charge >= 0.3 is 0 Å². The molecule has 116 valence electrons. The van der Waals surface area contributed by atoms with Crippen LogP contribution in [0.25, 0.3) is 0 Å². The molecule has 2 fully saturated rings. The zero-order valence-corrected chi connectivity index (χ0v) is 13.3. The number of rotatable bonds is 5. The van der Waals surface area contributed by atoms with Crippen LogP contribution in [0.15, 0.2) is 0 Å². The Morgan fingerprint density at radius 1 is 1.25 bits per heavy atom. The van der Waals surface area contributed by atoms with Crippen LogP contribution in [0.1, 0.15) is 71.6 Å². The van der Waals surface area contributed by atoms with E-state index in [0.29, 0.717) is 11.3 Å². The summed E-state index contributed by atoms with van der Waals surface area (Å²) in [7, 11) is 0. The molecule has 0 bridgehead atoms. The van der Waals surface area contributed by atoms with Gasteiger partial charge in [-0.05, 0) is 49.9 Å². The predicted octanol–water partition coefficient (Wildman–Crippen LogP) is 3.23. The SMILES string of the molecule is CC(C)CC1(CNC(=O)C2CCCC(N)C2)CCCC1. The van der Waals surface area contributed by atoms with Crippen molar-refractivity contribution in [1.82, 2.24) is 5.32 Å². The fourth-order valence-corrected chi connectivity index (χ4v) is 4.33. The van der Waals surface area contributed by atoms with Crippen molar-refractivity contribution >= 4 is 5.91 Å². The van der Waals surface area contributed by atoms with Gasteiger partial charge in [-0.25, -0.2) is 0 Å². The van der Waals surface area contributed by atoms with Gasteiger partial charge < -0.3 is 11.1 Å². The average Bonchev–Trinajstić information content (AvgIpc) is 2.84. The summed E-state index contributed by atoms with van der Waals surface area (Å²) in [6, 6.07) is 0.232. The van der Waals surface area contributed by atoms with E-state index >= 15 is 0 Å². The van der Waals surface area contributed by atoms with Crippen molar-refractivity contribution in [3.8, 4) is 0 Å². The van der Waals surface area contributed by atoms with Crippen molar-refractivity contribution in [2.24, 2.45) is 23.0 Å². The van der Waals surface area contributed by atoms with Gasteiger partial charge in [0.1, 0.15) is 0 Å². The molecule has 2 atom stereocenters. The van der Waals surface area contributed by atoms with Crippen LogP contribution in [0, 0.1) is 17.3 Å². The van der Waals surface area contributed by atoms with Crippen molar-refractivity contribution in [1.29, 1.82) is 0 Å². The molecule has 2 aliphatic carbocycles. The van der Waals surface area contributed by atoms with Crippen molar-refractivity contribution in [3.05, 3.63) is 0 Å². The van der Waals surface area contributed by atoms with E-state index in [4.69, 9.17) is 5.73 Å². The van der Waals surface area contributed by atoms with E-state index in [1.54, 1.807) is 0 Å². The molecule has 0 aromatic rings. The number of hydrogen-bond acceptors (Lipinski definition) is 2. The maximum absolute atomic E-state index is 12.4. The van der Waals surface area contributed by atoms with Crippen LogP contribution in [-0.4, -0.2) is 18.5 Å². The van der Waals surface area contributed by atoms with Gasteiger partial charge in [-0.2, -0.15) is 0 Å². The van der Waals surface area contributed by atoms with Crippen molar-refractivity contribution < 1.29 is 4.79 Å². The smallest absolute Gasteiger partial charge is 0.223 e. The first-order chi connectivity index (χ1) is 9.51. The summed E-state index contributed by atoms with van der Waals surface area (Å²) >= 11 is 0. The van der Waals surface area contributed by atoms with Gasteiger partial charge in [0, 0.05) is 18.5 Å². The molecule has 0 spiro atoms. The second-order valence-electron chi connectivity index (χ2n) is 7.65. The van der Waals surface area contributed by atoms with Crippen LogP contribution < -0.4 is 11.1 Å². The van der Waals surface area contributed by atoms with Crippen LogP contribution in [0.4, 0.5) is 0 Å². The van der Waals surface area contributed by atoms with E-state index in [0.717, 1.165) is 32.2 Å². The number of nitrogens with one attached hydrogen (secondary N) is 1. The highest BCUT2D eigenvalue weighted by Crippen LogP contribution is 2.42. The molecule has 2 saturated carbocycles. The van der Waals surface area contributed by atoms with Crippen LogP contribution in [-0.2, 0) is 4.79 Å². The lowest BCUT2D eigenvalue weighted by molar-refractivity contribution is -0.126. The Balaban J connectivity index is 1.84. The fraction of sp³-hybridized carbons (Fsp3) is 0.941. The molecular weight excluding hydrogens is 248 g/mol. The molecular formula is C17H32N2O. The van der Waals surface area contributed by atoms with E-state index < -0.39 is 0 Å². The second-order valence-corrected chi connectivity index (χ2v) is 7.65. The molecule has 20 heavy (non-hydrogen) atoms. The first-order valence-corrected chi connectivity index (χ1v) is 8.54. The highest BCUT2D eigenvalue weighted by Gasteiger charge is 2.35. The molecule has 0 aromatic carbocycles. The molecule has 0 heterocycles. The molecule has 2 aliphatic rings. The van der Waals surface area contributed by atoms with Gasteiger partial charge in [-0.15, -0.1) is 0 Å². The minimum Gasteiger partial charge on any atom is -0.355 e. The van der Waals surface area contributed by atoms with E-state index in [9.17, 15) is 4.79 Å². The number of amides is 1. The van der Waals surface area contributed by atoms with Gasteiger partial charge in [0.2, 0.25) is 5.91 Å². The Bertz CT molecular complexity index is 321. The van der Waals surface area contributed by atoms with Crippen LogP contribution in [0.2, 0.25) is 0 Å². The normalized spacial score (nSPS) is 29.6. The van der Waals surface area contributed by atoms with Crippen LogP contribution in [0.3, 0.4) is 0 Å². The molecule has 3 nitrogen and oxygen atoms in total. The standard InChI is InChI=1S/C17H32N2O/c1-13(2)11-17(8-3-4-9-17)12-19-16(20)14-6-5-7-15(18)10-14/h13-15H,3-12,18H2,1-2H3,(H,19,20). The largest absolute Gasteiger partial charge is 0.355 e. The summed E-state index contributed by atoms with van der Waals surface area (Å²) in [5.74, 6) is 1.14. The highest BCUT2D eigenvalue weighted by molar-refractivity contribution is 5.78. The molecule has 1 amide bonds. The summed E-state index contributed by atoms with van der Waals surface area (Å²) in [5, 5.41) is 3.27. The van der Waals surface area contributed by atoms with E-state index in [2.05, 4.69) is 19.2 Å². The Morgan fingerprint density at radius 2 is 1.95 bits per heavy atom. The lowest BCUT2D eigenvalue weighted by atomic mass is 9.78. The third-order valence-electron chi connectivity index (χ3n) is 5.23. The third-order valence-corrected chi connectivity index (χ3v) is 5.23. The first-order valence-electron chi connectivity index (χ1n) is 8.54. The van der Waals surface area contributed by atoms with Crippen molar-refractivity contribution in [2.75, 3.05) is 6.54 Å². The minimum absolute atomic E-state index is 0.163. The van der Waals surface area contributed by atoms with Gasteiger partial charge in [0.15, 0.2) is 0 Å². The molecule has 0 radical (unpaired) electrons. The maximum Gasteiger partial charge on any atom is 0.223 e. The highest BCUT2D eigenvalue weighted by atomic mass is 16.1. The van der Waals surface area contributed by atoms with E-state index in [1.807, 2.05) is 0 Å². The van der Waals surface area contributed by atoms with E-state index in [1.165, 1.54) is 32.1 Å². The summed E-state index contributed by atoms with van der Waals surface area (Å²) < 4.78 is 0. The minimum atomic E-state index is 0.163. The monoisotopic (exact) mass is 280 g/mol. The van der Waals surface area contributed by atoms with E-state index in [-0.39, 0.29) is 17.9 Å². The second kappa shape index (κ2) is 6.93. The predicted molar refractivity (Wildman–Crippen MR) is 83.3 cm³/mol. The summed E-state index contributed by atoms with van der Waals surface area (Å²) in [6.45, 7) is 5.47. The van der Waals surface area contributed by atoms with Gasteiger partial charge in [-0.3, -0.25) is 4.79 Å². The number of carbonyl (C=O) groups excluding carboxylic acids is 1. The molecule has 2 unspecified atom stereocenters. The molecule has 3 N–H and O–H groups in total. The first kappa shape index (κ1) is 15.8. The zero-order chi connectivity index (χ0) is 14.6. The van der Waals surface area contributed by atoms with Crippen molar-refractivity contribution in [2.45, 2.75) is 77.7 Å². The average molecular weight is 280 g/mol. The van der Waals surface area contributed by atoms with Crippen LogP contribution in [0.5, 0.6) is 0 Å². The van der Waals surface area contributed by atoms with Gasteiger partial charge in [-0.1, -0.05) is 33.1 Å². The molecule has 2 rings (SSSR count). The lowest BCUT2D eigenvalue weighted by Gasteiger charge is -2.33. The zero-order valence-electron chi connectivity index (χ0n) is 13.3. The molecule has 0 saturated heterocycles. The number of nitrogens with two attached hydrogens (primary N) is 1. The lowest BCUT2D eigenvalue weighted by Crippen LogP contribution is -2.42. The molecule has 3 heteroatoms. The Kier molecular flexibility index (Phi) is 5.48. The molecule has 0 aliphatic heterocycles. The van der Waals surface area contributed by atoms with Gasteiger partial charge in [0.25, 0.3) is 0 Å². The third kappa shape index (κ3) is 4.21. The maximum atomic E-state index is 12.4. The summed E-state index contributed by atoms with van der Waals surface area (Å²) in [6.07, 6.45) is 10.6. The Labute approximate surface area is 124 Å². The Hall–Kier alpha value is -0.570. The number of carbonyl (C=O) groups is 1. The summed E-state index contributed by atoms with van der Waals surface area (Å²) in [4.78, 5) is 12.4. The summed E-state index contributed by atoms with van der Waals surface area (Å²) in [5.41, 5.74) is 6.37. The van der Waals surface area contributed by atoms with Gasteiger partial charge in [0.05, 0.1) is 0 Å². The Morgan fingerprint density at radius 3 is 2.55 bits per heavy atom. The number of hydrogen-bond donors (Lipinski definition) is 2. The fourth-order valence-electron chi connectivity index (χ4n) is 4.33.